The van der Waals surface area contributed by atoms with Crippen LogP contribution in [-0.4, -0.2) is 23.0 Å². The van der Waals surface area contributed by atoms with Gasteiger partial charge < -0.3 is 4.74 Å². The Balaban J connectivity index is 2.60. The van der Waals surface area contributed by atoms with Crippen molar-refractivity contribution in [2.45, 2.75) is 13.3 Å². The standard InChI is InChI=1S/C15H16N2O2S2/c1-3-9-20-15(17-11-16)21-10-8-14(18)12-4-6-13(19-2)7-5-12/h4-8,10H,3,9H2,1-2H3/b10-8+,17-15?. The van der Waals surface area contributed by atoms with Crippen molar-refractivity contribution in [1.82, 2.24) is 0 Å². The number of thioether (sulfide) groups is 2. The van der Waals surface area contributed by atoms with Crippen LogP contribution in [0.5, 0.6) is 5.75 Å². The minimum absolute atomic E-state index is 0.0954. The Morgan fingerprint density at radius 2 is 2.14 bits per heavy atom. The molecule has 0 N–H and O–H groups in total. The summed E-state index contributed by atoms with van der Waals surface area (Å²) in [6, 6.07) is 6.92. The van der Waals surface area contributed by atoms with Crippen molar-refractivity contribution >= 4 is 33.7 Å². The molecule has 0 radical (unpaired) electrons. The summed E-state index contributed by atoms with van der Waals surface area (Å²) in [6.45, 7) is 2.06. The van der Waals surface area contributed by atoms with E-state index in [4.69, 9.17) is 10.00 Å². The number of ketones is 1. The maximum atomic E-state index is 11.9. The third-order valence-electron chi connectivity index (χ3n) is 2.33. The van der Waals surface area contributed by atoms with E-state index in [1.165, 1.54) is 29.6 Å². The van der Waals surface area contributed by atoms with E-state index in [9.17, 15) is 4.79 Å². The molecule has 0 saturated heterocycles. The van der Waals surface area contributed by atoms with Crippen LogP contribution in [0.2, 0.25) is 0 Å². The predicted molar refractivity (Wildman–Crippen MR) is 89.9 cm³/mol. The number of rotatable bonds is 6. The number of aliphatic imine (C=N–C) groups is 1. The first-order valence-electron chi connectivity index (χ1n) is 6.32. The van der Waals surface area contributed by atoms with Crippen molar-refractivity contribution in [1.29, 1.82) is 5.26 Å². The smallest absolute Gasteiger partial charge is 0.207 e. The van der Waals surface area contributed by atoms with Crippen molar-refractivity contribution in [3.63, 3.8) is 0 Å². The molecule has 4 nitrogen and oxygen atoms in total. The van der Waals surface area contributed by atoms with Gasteiger partial charge in [0.05, 0.1) is 7.11 Å². The molecule has 0 heterocycles. The summed E-state index contributed by atoms with van der Waals surface area (Å²) in [5, 5.41) is 10.3. The van der Waals surface area contributed by atoms with Gasteiger partial charge in [-0.2, -0.15) is 10.3 Å². The van der Waals surface area contributed by atoms with Gasteiger partial charge in [-0.1, -0.05) is 30.4 Å². The molecule has 0 spiro atoms. The van der Waals surface area contributed by atoms with Crippen LogP contribution < -0.4 is 4.74 Å². The van der Waals surface area contributed by atoms with E-state index in [1.807, 2.05) is 0 Å². The zero-order chi connectivity index (χ0) is 15.5. The topological polar surface area (TPSA) is 62.5 Å². The van der Waals surface area contributed by atoms with Crippen molar-refractivity contribution < 1.29 is 9.53 Å². The second-order valence-electron chi connectivity index (χ2n) is 3.84. The molecule has 0 aliphatic heterocycles. The van der Waals surface area contributed by atoms with Gasteiger partial charge in [-0.25, -0.2) is 0 Å². The molecular weight excluding hydrogens is 304 g/mol. The van der Waals surface area contributed by atoms with Gasteiger partial charge in [-0.05, 0) is 47.9 Å². The zero-order valence-corrected chi connectivity index (χ0v) is 13.5. The van der Waals surface area contributed by atoms with Crippen LogP contribution in [0.3, 0.4) is 0 Å². The highest BCUT2D eigenvalue weighted by molar-refractivity contribution is 8.40. The Morgan fingerprint density at radius 3 is 2.71 bits per heavy atom. The predicted octanol–water partition coefficient (Wildman–Crippen LogP) is 4.11. The van der Waals surface area contributed by atoms with Gasteiger partial charge in [-0.3, -0.25) is 4.79 Å². The van der Waals surface area contributed by atoms with Crippen LogP contribution in [0, 0.1) is 11.5 Å². The van der Waals surface area contributed by atoms with Gasteiger partial charge >= 0.3 is 0 Å². The van der Waals surface area contributed by atoms with Crippen molar-refractivity contribution in [2.75, 3.05) is 12.9 Å². The Kier molecular flexibility index (Phi) is 8.32. The van der Waals surface area contributed by atoms with Crippen LogP contribution in [0.1, 0.15) is 23.7 Å². The Hall–Kier alpha value is -1.71. The number of ether oxygens (including phenoxy) is 1. The fourth-order valence-corrected chi connectivity index (χ4v) is 2.90. The number of hydrogen-bond acceptors (Lipinski definition) is 6. The van der Waals surface area contributed by atoms with Gasteiger partial charge in [0.25, 0.3) is 0 Å². The molecule has 1 aromatic rings. The Bertz CT molecular complexity index is 560. The molecule has 110 valence electrons. The minimum Gasteiger partial charge on any atom is -0.497 e. The number of methoxy groups -OCH3 is 1. The fourth-order valence-electron chi connectivity index (χ4n) is 1.33. The molecule has 0 atom stereocenters. The number of carbonyl (C=O) groups is 1. The number of nitrogens with zero attached hydrogens (tertiary/aromatic N) is 2. The summed E-state index contributed by atoms with van der Waals surface area (Å²) >= 11 is 2.79. The second kappa shape index (κ2) is 10.1. The maximum absolute atomic E-state index is 11.9. The Morgan fingerprint density at radius 1 is 1.43 bits per heavy atom. The first-order valence-corrected chi connectivity index (χ1v) is 8.19. The van der Waals surface area contributed by atoms with E-state index in [0.717, 1.165) is 12.2 Å². The molecule has 6 heteroatoms. The van der Waals surface area contributed by atoms with Crippen LogP contribution in [0.4, 0.5) is 0 Å². The van der Waals surface area contributed by atoms with E-state index >= 15 is 0 Å². The van der Waals surface area contributed by atoms with Gasteiger partial charge in [0.15, 0.2) is 5.78 Å². The van der Waals surface area contributed by atoms with Gasteiger partial charge in [0, 0.05) is 5.56 Å². The summed E-state index contributed by atoms with van der Waals surface area (Å²) < 4.78 is 5.69. The zero-order valence-electron chi connectivity index (χ0n) is 11.9. The number of carbonyl (C=O) groups excluding carboxylic acids is 1. The van der Waals surface area contributed by atoms with Crippen LogP contribution in [-0.2, 0) is 0 Å². The number of nitriles is 1. The molecule has 0 aliphatic carbocycles. The highest BCUT2D eigenvalue weighted by Crippen LogP contribution is 2.19. The van der Waals surface area contributed by atoms with E-state index in [1.54, 1.807) is 43.0 Å². The lowest BCUT2D eigenvalue weighted by Crippen LogP contribution is -1.94. The monoisotopic (exact) mass is 320 g/mol. The third kappa shape index (κ3) is 6.52. The van der Waals surface area contributed by atoms with E-state index in [-0.39, 0.29) is 5.78 Å². The lowest BCUT2D eigenvalue weighted by molar-refractivity contribution is 0.104. The molecule has 0 bridgehead atoms. The molecule has 0 saturated carbocycles. The molecule has 0 aliphatic rings. The van der Waals surface area contributed by atoms with E-state index in [0.29, 0.717) is 15.7 Å². The second-order valence-corrected chi connectivity index (χ2v) is 6.08. The Labute approximate surface area is 133 Å². The SMILES string of the molecule is CCCSC(=NC#N)S/C=C/C(=O)c1ccc(OC)cc1. The largest absolute Gasteiger partial charge is 0.497 e. The number of hydrogen-bond donors (Lipinski definition) is 0. The number of benzene rings is 1. The number of allylic oxidation sites excluding steroid dienone is 1. The van der Waals surface area contributed by atoms with Gasteiger partial charge in [-0.15, -0.1) is 0 Å². The van der Waals surface area contributed by atoms with Gasteiger partial charge in [0.2, 0.25) is 6.19 Å². The van der Waals surface area contributed by atoms with Crippen LogP contribution in [0.15, 0.2) is 40.7 Å². The van der Waals surface area contributed by atoms with Gasteiger partial charge in [0.1, 0.15) is 10.1 Å². The van der Waals surface area contributed by atoms with Crippen LogP contribution >= 0.6 is 23.5 Å². The quantitative estimate of drug-likeness (QED) is 0.259. The molecule has 0 aromatic heterocycles. The average molecular weight is 320 g/mol. The maximum Gasteiger partial charge on any atom is 0.207 e. The minimum atomic E-state index is -0.0954. The molecule has 1 rings (SSSR count). The lowest BCUT2D eigenvalue weighted by Gasteiger charge is -2.00. The molecule has 0 unspecified atom stereocenters. The van der Waals surface area contributed by atoms with Crippen molar-refractivity contribution in [3.8, 4) is 11.9 Å². The van der Waals surface area contributed by atoms with E-state index < -0.39 is 0 Å². The summed E-state index contributed by atoms with van der Waals surface area (Å²) in [5.74, 6) is 1.51. The summed E-state index contributed by atoms with van der Waals surface area (Å²) in [7, 11) is 1.58. The molecule has 1 aromatic carbocycles. The van der Waals surface area contributed by atoms with Crippen molar-refractivity contribution in [2.24, 2.45) is 4.99 Å². The first-order chi connectivity index (χ1) is 10.2. The summed E-state index contributed by atoms with van der Waals surface area (Å²) in [4.78, 5) is 15.7. The summed E-state index contributed by atoms with van der Waals surface area (Å²) in [5.41, 5.74) is 0.590. The fraction of sp³-hybridized carbons (Fsp3) is 0.267. The normalized spacial score (nSPS) is 11.4. The third-order valence-corrected chi connectivity index (χ3v) is 4.49. The molecule has 0 fully saturated rings. The highest BCUT2D eigenvalue weighted by Gasteiger charge is 2.03. The molecule has 21 heavy (non-hydrogen) atoms. The first kappa shape index (κ1) is 17.3. The molecular formula is C15H16N2O2S2. The highest BCUT2D eigenvalue weighted by atomic mass is 32.2. The molecule has 0 amide bonds. The summed E-state index contributed by atoms with van der Waals surface area (Å²) in [6.07, 6.45) is 4.25. The van der Waals surface area contributed by atoms with Crippen molar-refractivity contribution in [3.05, 3.63) is 41.3 Å². The average Bonchev–Trinajstić information content (AvgIpc) is 2.52. The van der Waals surface area contributed by atoms with E-state index in [2.05, 4.69) is 11.9 Å². The lowest BCUT2D eigenvalue weighted by atomic mass is 10.1. The van der Waals surface area contributed by atoms with Crippen LogP contribution in [0.25, 0.3) is 0 Å².